The molecule has 35 heavy (non-hydrogen) atoms. The number of aromatic hydroxyl groups is 1. The van der Waals surface area contributed by atoms with Gasteiger partial charge in [0.2, 0.25) is 17.7 Å². The van der Waals surface area contributed by atoms with E-state index in [1.807, 2.05) is 30.3 Å². The summed E-state index contributed by atoms with van der Waals surface area (Å²) in [5.74, 6) is -3.49. The van der Waals surface area contributed by atoms with Gasteiger partial charge in [0.05, 0.1) is 18.7 Å². The third-order valence-corrected chi connectivity index (χ3v) is 5.13. The zero-order valence-electron chi connectivity index (χ0n) is 19.2. The molecule has 8 N–H and O–H groups in total. The Labute approximate surface area is 202 Å². The molecule has 0 radical (unpaired) electrons. The maximum atomic E-state index is 12.8. The van der Waals surface area contributed by atoms with Crippen LogP contribution < -0.4 is 21.7 Å². The van der Waals surface area contributed by atoms with Crippen LogP contribution >= 0.6 is 0 Å². The highest BCUT2D eigenvalue weighted by Gasteiger charge is 2.27. The van der Waals surface area contributed by atoms with Crippen LogP contribution in [-0.4, -0.2) is 69.8 Å². The van der Waals surface area contributed by atoms with E-state index in [9.17, 15) is 29.4 Å². The molecule has 2 aromatic rings. The number of hydrogen-bond acceptors (Lipinski definition) is 7. The number of aliphatic carboxylic acids is 1. The largest absolute Gasteiger partial charge is 0.508 e. The van der Waals surface area contributed by atoms with Gasteiger partial charge in [-0.3, -0.25) is 14.4 Å². The highest BCUT2D eigenvalue weighted by molar-refractivity contribution is 5.92. The van der Waals surface area contributed by atoms with Crippen LogP contribution in [0.1, 0.15) is 18.1 Å². The lowest BCUT2D eigenvalue weighted by Crippen LogP contribution is -2.55. The van der Waals surface area contributed by atoms with Crippen LogP contribution in [0.5, 0.6) is 5.75 Å². The van der Waals surface area contributed by atoms with Crippen molar-refractivity contribution in [2.24, 2.45) is 5.73 Å². The van der Waals surface area contributed by atoms with Crippen molar-refractivity contribution in [3.05, 3.63) is 65.7 Å². The number of nitrogens with one attached hydrogen (secondary N) is 3. The highest BCUT2D eigenvalue weighted by Crippen LogP contribution is 2.12. The number of phenols is 1. The Hall–Kier alpha value is -3.96. The van der Waals surface area contributed by atoms with Crippen molar-refractivity contribution < 1.29 is 34.5 Å². The first kappa shape index (κ1) is 27.3. The van der Waals surface area contributed by atoms with Crippen molar-refractivity contribution in [1.82, 2.24) is 16.0 Å². The Morgan fingerprint density at radius 3 is 2.06 bits per heavy atom. The van der Waals surface area contributed by atoms with E-state index in [1.165, 1.54) is 19.1 Å². The van der Waals surface area contributed by atoms with Crippen molar-refractivity contribution in [1.29, 1.82) is 0 Å². The van der Waals surface area contributed by atoms with E-state index in [4.69, 9.17) is 10.8 Å². The van der Waals surface area contributed by atoms with Gasteiger partial charge in [0.15, 0.2) is 6.04 Å². The maximum absolute atomic E-state index is 12.8. The van der Waals surface area contributed by atoms with Crippen molar-refractivity contribution in [3.63, 3.8) is 0 Å². The number of aliphatic hydroxyl groups excluding tert-OH is 1. The number of carboxylic acid groups (broad SMARTS) is 1. The van der Waals surface area contributed by atoms with Gasteiger partial charge in [0.1, 0.15) is 11.8 Å². The van der Waals surface area contributed by atoms with E-state index in [-0.39, 0.29) is 18.6 Å². The monoisotopic (exact) mass is 486 g/mol. The fourth-order valence-electron chi connectivity index (χ4n) is 3.22. The van der Waals surface area contributed by atoms with Crippen LogP contribution in [-0.2, 0) is 32.0 Å². The van der Waals surface area contributed by atoms with E-state index in [1.54, 1.807) is 12.1 Å². The summed E-state index contributed by atoms with van der Waals surface area (Å²) in [6, 6.07) is 11.6. The Balaban J connectivity index is 2.05. The zero-order chi connectivity index (χ0) is 26.0. The van der Waals surface area contributed by atoms with E-state index >= 15 is 0 Å². The molecule has 3 amide bonds. The van der Waals surface area contributed by atoms with Crippen LogP contribution in [0.3, 0.4) is 0 Å². The number of carbonyl (C=O) groups excluding carboxylic acids is 3. The summed E-state index contributed by atoms with van der Waals surface area (Å²) in [6.45, 7) is 0.632. The number of phenolic OH excluding ortho intramolecular Hbond substituents is 1. The molecule has 2 aromatic carbocycles. The molecule has 0 aliphatic heterocycles. The second-order valence-corrected chi connectivity index (χ2v) is 8.07. The maximum Gasteiger partial charge on any atom is 0.328 e. The molecule has 188 valence electrons. The first-order chi connectivity index (χ1) is 16.6. The molecule has 2 rings (SSSR count). The highest BCUT2D eigenvalue weighted by atomic mass is 16.4. The van der Waals surface area contributed by atoms with Crippen molar-refractivity contribution in [3.8, 4) is 5.75 Å². The topological polar surface area (TPSA) is 191 Å². The fourth-order valence-corrected chi connectivity index (χ4v) is 3.22. The normalized spacial score (nSPS) is 14.1. The van der Waals surface area contributed by atoms with Gasteiger partial charge in [-0.25, -0.2) is 4.79 Å². The summed E-state index contributed by atoms with van der Waals surface area (Å²) >= 11 is 0. The van der Waals surface area contributed by atoms with Crippen LogP contribution in [0.25, 0.3) is 0 Å². The number of carbonyl (C=O) groups is 4. The van der Waals surface area contributed by atoms with Gasteiger partial charge in [-0.15, -0.1) is 0 Å². The van der Waals surface area contributed by atoms with Gasteiger partial charge >= 0.3 is 5.97 Å². The molecule has 0 saturated carbocycles. The van der Waals surface area contributed by atoms with E-state index in [0.717, 1.165) is 5.56 Å². The summed E-state index contributed by atoms with van der Waals surface area (Å²) in [5.41, 5.74) is 7.50. The molecular weight excluding hydrogens is 456 g/mol. The number of aliphatic hydroxyl groups is 1. The number of amides is 3. The van der Waals surface area contributed by atoms with Crippen molar-refractivity contribution >= 4 is 23.7 Å². The minimum absolute atomic E-state index is 0.0337. The van der Waals surface area contributed by atoms with Crippen molar-refractivity contribution in [2.75, 3.05) is 6.54 Å². The molecule has 0 heterocycles. The van der Waals surface area contributed by atoms with Gasteiger partial charge in [-0.05, 0) is 36.6 Å². The second-order valence-electron chi connectivity index (χ2n) is 8.07. The third kappa shape index (κ3) is 9.07. The fraction of sp³-hybridized carbons (Fsp3) is 0.333. The van der Waals surface area contributed by atoms with Gasteiger partial charge < -0.3 is 37.0 Å². The van der Waals surface area contributed by atoms with Crippen LogP contribution in [0.15, 0.2) is 54.6 Å². The number of rotatable bonds is 12. The molecule has 0 aliphatic carbocycles. The van der Waals surface area contributed by atoms with Gasteiger partial charge in [0, 0.05) is 6.42 Å². The summed E-state index contributed by atoms with van der Waals surface area (Å²) in [7, 11) is 0. The number of benzene rings is 2. The van der Waals surface area contributed by atoms with Gasteiger partial charge in [0.25, 0.3) is 0 Å². The summed E-state index contributed by atoms with van der Waals surface area (Å²) in [5, 5.41) is 35.1. The molecule has 0 fully saturated rings. The lowest BCUT2D eigenvalue weighted by Gasteiger charge is -2.22. The minimum Gasteiger partial charge on any atom is -0.508 e. The Kier molecular flexibility index (Phi) is 10.2. The summed E-state index contributed by atoms with van der Waals surface area (Å²) in [6.07, 6.45) is -1.05. The van der Waals surface area contributed by atoms with Crippen LogP contribution in [0.2, 0.25) is 0 Å². The van der Waals surface area contributed by atoms with E-state index < -0.39 is 54.5 Å². The number of carboxylic acids is 1. The molecule has 11 heteroatoms. The quantitative estimate of drug-likeness (QED) is 0.200. The summed E-state index contributed by atoms with van der Waals surface area (Å²) < 4.78 is 0. The predicted octanol–water partition coefficient (Wildman–Crippen LogP) is -0.944. The van der Waals surface area contributed by atoms with E-state index in [0.29, 0.717) is 5.56 Å². The Morgan fingerprint density at radius 2 is 1.49 bits per heavy atom. The number of hydrogen-bond donors (Lipinski definition) is 7. The molecule has 0 spiro atoms. The molecule has 0 aliphatic rings. The smallest absolute Gasteiger partial charge is 0.328 e. The second kappa shape index (κ2) is 13.1. The summed E-state index contributed by atoms with van der Waals surface area (Å²) in [4.78, 5) is 48.7. The average molecular weight is 487 g/mol. The number of nitrogens with two attached hydrogens (primary N) is 1. The Morgan fingerprint density at radius 1 is 0.886 bits per heavy atom. The molecule has 0 saturated heterocycles. The SMILES string of the molecule is CC(O)C(NC(=O)CNC(=O)C(Cc1ccc(O)cc1)NC(=O)C(N)Cc1ccccc1)C(=O)O. The first-order valence-electron chi connectivity index (χ1n) is 10.9. The van der Waals surface area contributed by atoms with Crippen LogP contribution in [0, 0.1) is 0 Å². The lowest BCUT2D eigenvalue weighted by atomic mass is 10.0. The predicted molar refractivity (Wildman–Crippen MR) is 126 cm³/mol. The van der Waals surface area contributed by atoms with Crippen molar-refractivity contribution in [2.45, 2.75) is 44.0 Å². The first-order valence-corrected chi connectivity index (χ1v) is 10.9. The standard InChI is InChI=1S/C24H30N4O7/c1-14(29)21(24(34)35)28-20(31)13-26-23(33)19(12-16-7-9-17(30)10-8-16)27-22(32)18(25)11-15-5-3-2-4-6-15/h2-10,14,18-19,21,29-30H,11-13,25H2,1H3,(H,26,33)(H,27,32)(H,28,31)(H,34,35). The van der Waals surface area contributed by atoms with Gasteiger partial charge in [-0.2, -0.15) is 0 Å². The minimum atomic E-state index is -1.54. The van der Waals surface area contributed by atoms with Crippen LogP contribution in [0.4, 0.5) is 0 Å². The molecular formula is C24H30N4O7. The molecule has 11 nitrogen and oxygen atoms in total. The lowest BCUT2D eigenvalue weighted by molar-refractivity contribution is -0.144. The zero-order valence-corrected chi connectivity index (χ0v) is 19.2. The average Bonchev–Trinajstić information content (AvgIpc) is 2.82. The molecule has 0 aromatic heterocycles. The molecule has 4 atom stereocenters. The third-order valence-electron chi connectivity index (χ3n) is 5.13. The molecule has 4 unspecified atom stereocenters. The van der Waals surface area contributed by atoms with E-state index in [2.05, 4.69) is 16.0 Å². The Bertz CT molecular complexity index is 1010. The molecule has 0 bridgehead atoms. The van der Waals surface area contributed by atoms with Gasteiger partial charge in [-0.1, -0.05) is 42.5 Å².